The first kappa shape index (κ1) is 19.7. The Bertz CT molecular complexity index is 1420. The van der Waals surface area contributed by atoms with E-state index in [9.17, 15) is 14.4 Å². The molecule has 32 heavy (non-hydrogen) atoms. The van der Waals surface area contributed by atoms with Crippen LogP contribution in [0, 0.1) is 17.1 Å². The summed E-state index contributed by atoms with van der Waals surface area (Å²) in [6.45, 7) is 0. The number of ether oxygens (including phenoxy) is 2. The van der Waals surface area contributed by atoms with Crippen LogP contribution in [0.1, 0.15) is 18.4 Å². The van der Waals surface area contributed by atoms with E-state index in [-0.39, 0.29) is 11.8 Å². The number of methoxy groups -OCH3 is 1. The second kappa shape index (κ2) is 7.16. The van der Waals surface area contributed by atoms with E-state index >= 15 is 0 Å². The molecule has 1 saturated carbocycles. The molecule has 160 valence electrons. The molecular weight excluding hydrogens is 415 g/mol. The van der Waals surface area contributed by atoms with Crippen molar-refractivity contribution in [2.24, 2.45) is 0 Å². The van der Waals surface area contributed by atoms with Crippen molar-refractivity contribution in [1.29, 1.82) is 5.26 Å². The largest absolute Gasteiger partial charge is 0.467 e. The summed E-state index contributed by atoms with van der Waals surface area (Å²) < 4.78 is 24.8. The van der Waals surface area contributed by atoms with Gasteiger partial charge in [-0.25, -0.2) is 24.1 Å². The molecule has 5 rings (SSSR count). The van der Waals surface area contributed by atoms with Gasteiger partial charge < -0.3 is 19.8 Å². The van der Waals surface area contributed by atoms with Crippen molar-refractivity contribution in [3.8, 4) is 29.0 Å². The maximum Gasteiger partial charge on any atom is 0.412 e. The normalized spacial score (nSPS) is 14.2. The number of nitrogens with one attached hydrogen (secondary N) is 2. The van der Waals surface area contributed by atoms with Crippen LogP contribution in [0.5, 0.6) is 11.8 Å². The molecule has 3 aromatic heterocycles. The van der Waals surface area contributed by atoms with Crippen molar-refractivity contribution in [1.82, 2.24) is 25.3 Å². The highest BCUT2D eigenvalue weighted by molar-refractivity contribution is 6.12. The Morgan fingerprint density at radius 2 is 2.00 bits per heavy atom. The van der Waals surface area contributed by atoms with E-state index in [1.54, 1.807) is 18.6 Å². The van der Waals surface area contributed by atoms with Crippen LogP contribution in [-0.2, 0) is 5.41 Å². The van der Waals surface area contributed by atoms with Crippen molar-refractivity contribution < 1.29 is 18.7 Å². The Balaban J connectivity index is 1.84. The van der Waals surface area contributed by atoms with Gasteiger partial charge >= 0.3 is 12.1 Å². The van der Waals surface area contributed by atoms with Gasteiger partial charge in [0.15, 0.2) is 5.75 Å². The molecule has 4 aromatic rings. The molecule has 0 aliphatic heterocycles. The number of fused-ring (bicyclic) bond motifs is 3. The van der Waals surface area contributed by atoms with E-state index in [1.807, 2.05) is 0 Å². The number of amides is 1. The maximum atomic E-state index is 14.5. The highest BCUT2D eigenvalue weighted by atomic mass is 19.1. The van der Waals surface area contributed by atoms with Gasteiger partial charge in [-0.05, 0) is 24.5 Å². The van der Waals surface area contributed by atoms with Crippen LogP contribution in [-0.4, -0.2) is 40.2 Å². The molecule has 1 aliphatic rings. The number of benzene rings is 1. The quantitative estimate of drug-likeness (QED) is 0.505. The number of aromatic nitrogens is 4. The third-order valence-corrected chi connectivity index (χ3v) is 5.63. The van der Waals surface area contributed by atoms with Gasteiger partial charge in [0.1, 0.15) is 11.5 Å². The molecular formula is C22H17FN6O3. The number of H-pyrrole nitrogens is 1. The lowest BCUT2D eigenvalue weighted by atomic mass is 9.88. The fourth-order valence-electron chi connectivity index (χ4n) is 3.95. The third kappa shape index (κ3) is 2.98. The molecule has 0 spiro atoms. The molecule has 3 heterocycles. The van der Waals surface area contributed by atoms with Gasteiger partial charge in [-0.3, -0.25) is 0 Å². The fourth-order valence-corrected chi connectivity index (χ4v) is 3.95. The average molecular weight is 432 g/mol. The van der Waals surface area contributed by atoms with Gasteiger partial charge in [0, 0.05) is 53.6 Å². The molecule has 9 nitrogen and oxygen atoms in total. The van der Waals surface area contributed by atoms with E-state index in [2.05, 4.69) is 31.3 Å². The topological polar surface area (TPSA) is 126 Å². The molecule has 1 fully saturated rings. The van der Waals surface area contributed by atoms with E-state index in [0.717, 1.165) is 11.6 Å². The minimum absolute atomic E-state index is 0.0273. The molecule has 10 heteroatoms. The predicted molar refractivity (Wildman–Crippen MR) is 113 cm³/mol. The lowest BCUT2D eigenvalue weighted by molar-refractivity contribution is 0.203. The average Bonchev–Trinajstić information content (AvgIpc) is 3.52. The lowest BCUT2D eigenvalue weighted by Gasteiger charge is -2.15. The number of nitriles is 1. The van der Waals surface area contributed by atoms with Crippen LogP contribution in [0.4, 0.5) is 9.18 Å². The highest BCUT2D eigenvalue weighted by Gasteiger charge is 2.48. The van der Waals surface area contributed by atoms with Crippen LogP contribution in [0.15, 0.2) is 30.7 Å². The first-order chi connectivity index (χ1) is 15.5. The maximum absolute atomic E-state index is 14.5. The summed E-state index contributed by atoms with van der Waals surface area (Å²) in [7, 11) is 2.89. The predicted octanol–water partition coefficient (Wildman–Crippen LogP) is 3.59. The Kier molecular flexibility index (Phi) is 4.41. The Hall–Kier alpha value is -4.26. The van der Waals surface area contributed by atoms with Gasteiger partial charge in [-0.2, -0.15) is 5.26 Å². The number of hydrogen-bond acceptors (Lipinski definition) is 7. The zero-order valence-electron chi connectivity index (χ0n) is 17.2. The number of halogens is 1. The summed E-state index contributed by atoms with van der Waals surface area (Å²) in [5.74, 6) is -0.553. The van der Waals surface area contributed by atoms with Crippen molar-refractivity contribution in [2.75, 3.05) is 14.2 Å². The molecule has 1 aromatic carbocycles. The van der Waals surface area contributed by atoms with Gasteiger partial charge in [-0.1, -0.05) is 0 Å². The van der Waals surface area contributed by atoms with Crippen LogP contribution in [0.3, 0.4) is 0 Å². The highest BCUT2D eigenvalue weighted by Crippen LogP contribution is 2.54. The summed E-state index contributed by atoms with van der Waals surface area (Å²) in [6.07, 6.45) is 5.44. The Labute approximate surface area is 181 Å². The molecule has 1 aliphatic carbocycles. The SMILES string of the molecule is CNC(=O)Oc1cc(F)cc2c1[nH]c1ncc(-c3cnc(OC)nc3)c(C3(C#N)CC3)c12. The lowest BCUT2D eigenvalue weighted by Crippen LogP contribution is -2.22. The van der Waals surface area contributed by atoms with Gasteiger partial charge in [0.2, 0.25) is 0 Å². The monoisotopic (exact) mass is 432 g/mol. The smallest absolute Gasteiger partial charge is 0.412 e. The van der Waals surface area contributed by atoms with Crippen LogP contribution in [0.2, 0.25) is 0 Å². The zero-order valence-corrected chi connectivity index (χ0v) is 17.2. The number of rotatable bonds is 4. The van der Waals surface area contributed by atoms with Gasteiger partial charge in [0.05, 0.1) is 24.1 Å². The number of aromatic amines is 1. The standard InChI is InChI=1S/C22H17FN6O3/c1-25-21(30)32-15-6-12(23)5-13-16-17(22(10-24)3-4-22)14(9-26-19(16)29-18(13)15)11-7-27-20(31-2)28-8-11/h5-9H,3-4H2,1-2H3,(H,25,30)(H,26,29). The van der Waals surface area contributed by atoms with Crippen LogP contribution >= 0.6 is 0 Å². The molecule has 0 bridgehead atoms. The second-order valence-corrected chi connectivity index (χ2v) is 7.51. The summed E-state index contributed by atoms with van der Waals surface area (Å²) in [5.41, 5.74) is 2.20. The summed E-state index contributed by atoms with van der Waals surface area (Å²) >= 11 is 0. The first-order valence-electron chi connectivity index (χ1n) is 9.81. The molecule has 1 amide bonds. The van der Waals surface area contributed by atoms with Gasteiger partial charge in [0.25, 0.3) is 0 Å². The molecule has 0 saturated heterocycles. The summed E-state index contributed by atoms with van der Waals surface area (Å²) in [4.78, 5) is 27.7. The Morgan fingerprint density at radius 3 is 2.62 bits per heavy atom. The molecule has 0 unspecified atom stereocenters. The van der Waals surface area contributed by atoms with E-state index in [0.29, 0.717) is 45.9 Å². The van der Waals surface area contributed by atoms with E-state index < -0.39 is 17.3 Å². The molecule has 2 N–H and O–H groups in total. The van der Waals surface area contributed by atoms with Crippen LogP contribution in [0.25, 0.3) is 33.1 Å². The summed E-state index contributed by atoms with van der Waals surface area (Å²) in [5, 5.41) is 13.4. The molecule has 0 radical (unpaired) electrons. The molecule has 0 atom stereocenters. The Morgan fingerprint density at radius 1 is 1.25 bits per heavy atom. The first-order valence-corrected chi connectivity index (χ1v) is 9.81. The van der Waals surface area contributed by atoms with Crippen LogP contribution < -0.4 is 14.8 Å². The van der Waals surface area contributed by atoms with Crippen molar-refractivity contribution in [3.63, 3.8) is 0 Å². The number of pyridine rings is 1. The fraction of sp³-hybridized carbons (Fsp3) is 0.227. The van der Waals surface area contributed by atoms with E-state index in [1.165, 1.54) is 20.2 Å². The number of nitrogens with zero attached hydrogens (tertiary/aromatic N) is 4. The zero-order chi connectivity index (χ0) is 22.5. The van der Waals surface area contributed by atoms with Crippen molar-refractivity contribution in [3.05, 3.63) is 42.1 Å². The third-order valence-electron chi connectivity index (χ3n) is 5.63. The van der Waals surface area contributed by atoms with E-state index in [4.69, 9.17) is 9.47 Å². The minimum atomic E-state index is -0.736. The van der Waals surface area contributed by atoms with Crippen molar-refractivity contribution in [2.45, 2.75) is 18.3 Å². The van der Waals surface area contributed by atoms with Crippen molar-refractivity contribution >= 4 is 28.0 Å². The minimum Gasteiger partial charge on any atom is -0.467 e. The number of hydrogen-bond donors (Lipinski definition) is 2. The van der Waals surface area contributed by atoms with Gasteiger partial charge in [-0.15, -0.1) is 0 Å². The number of carbonyl (C=O) groups excluding carboxylic acids is 1. The second-order valence-electron chi connectivity index (χ2n) is 7.51. The number of carbonyl (C=O) groups is 1. The summed E-state index contributed by atoms with van der Waals surface area (Å²) in [6, 6.07) is 5.11.